The maximum absolute atomic E-state index is 12.9. The standard InChI is InChI=1S/C18H16FN3O5/c19-12-3-7-14(8-4-12)27-13-5-1-11(2-6-13)9-22(17(20)25)10-15(16(23)24)21-18(22)26/h1-8,15H,9-10H2,(H3-,20,21,23,24,25,26)/p+1/t15-,22?/m1/s1. The molecule has 0 aromatic heterocycles. The minimum Gasteiger partial charge on any atom is -0.480 e. The van der Waals surface area contributed by atoms with Crippen molar-refractivity contribution in [3.63, 3.8) is 0 Å². The minimum atomic E-state index is -1.23. The van der Waals surface area contributed by atoms with Gasteiger partial charge in [-0.2, -0.15) is 4.48 Å². The van der Waals surface area contributed by atoms with E-state index in [0.717, 1.165) is 0 Å². The first-order valence-electron chi connectivity index (χ1n) is 8.03. The minimum absolute atomic E-state index is 0.0816. The number of amides is 4. The summed E-state index contributed by atoms with van der Waals surface area (Å²) in [7, 11) is 0. The molecular formula is C18H17FN3O5+. The number of benzene rings is 2. The molecule has 0 aliphatic carbocycles. The summed E-state index contributed by atoms with van der Waals surface area (Å²) in [6.07, 6.45) is 0. The van der Waals surface area contributed by atoms with Crippen LogP contribution in [0.15, 0.2) is 48.5 Å². The van der Waals surface area contributed by atoms with Crippen molar-refractivity contribution in [2.75, 3.05) is 6.54 Å². The molecule has 2 aromatic rings. The largest absolute Gasteiger partial charge is 0.480 e. The maximum Gasteiger partial charge on any atom is 0.426 e. The fourth-order valence-corrected chi connectivity index (χ4v) is 2.87. The number of primary amides is 1. The SMILES string of the molecule is NC(=O)[N+]1(Cc2ccc(Oc3ccc(F)cc3)cc2)C[C@H](C(=O)O)NC1=O. The van der Waals surface area contributed by atoms with Crippen LogP contribution in [0.3, 0.4) is 0 Å². The summed E-state index contributed by atoms with van der Waals surface area (Å²) in [5.41, 5.74) is 6.00. The maximum atomic E-state index is 12.9. The molecule has 9 heteroatoms. The zero-order chi connectivity index (χ0) is 19.6. The number of nitrogens with zero attached hydrogens (tertiary/aromatic N) is 1. The summed E-state index contributed by atoms with van der Waals surface area (Å²) in [5, 5.41) is 11.4. The lowest BCUT2D eigenvalue weighted by Gasteiger charge is -2.24. The number of carboxylic acids is 1. The normalized spacial score (nSPS) is 21.5. The number of ether oxygens (including phenoxy) is 1. The first-order valence-corrected chi connectivity index (χ1v) is 8.03. The number of rotatable bonds is 5. The van der Waals surface area contributed by atoms with Gasteiger partial charge in [0.1, 0.15) is 30.4 Å². The van der Waals surface area contributed by atoms with Gasteiger partial charge in [0.2, 0.25) is 0 Å². The number of imide groups is 1. The predicted molar refractivity (Wildman–Crippen MR) is 91.3 cm³/mol. The third-order valence-electron chi connectivity index (χ3n) is 4.33. The second kappa shape index (κ2) is 7.04. The molecule has 1 aliphatic rings. The Kier molecular flexibility index (Phi) is 4.78. The number of carbonyl (C=O) groups excluding carboxylic acids is 2. The molecule has 140 valence electrons. The Morgan fingerprint density at radius 3 is 2.19 bits per heavy atom. The van der Waals surface area contributed by atoms with E-state index < -0.39 is 28.6 Å². The van der Waals surface area contributed by atoms with Gasteiger partial charge in [0.05, 0.1) is 0 Å². The van der Waals surface area contributed by atoms with Gasteiger partial charge in [0.15, 0.2) is 6.04 Å². The van der Waals surface area contributed by atoms with Gasteiger partial charge in [-0.25, -0.2) is 18.8 Å². The van der Waals surface area contributed by atoms with E-state index in [2.05, 4.69) is 5.32 Å². The molecule has 1 saturated heterocycles. The second-order valence-electron chi connectivity index (χ2n) is 6.19. The fourth-order valence-electron chi connectivity index (χ4n) is 2.87. The molecular weight excluding hydrogens is 357 g/mol. The van der Waals surface area contributed by atoms with Crippen molar-refractivity contribution in [3.05, 3.63) is 59.9 Å². The molecule has 1 fully saturated rings. The fraction of sp³-hybridized carbons (Fsp3) is 0.167. The van der Waals surface area contributed by atoms with Crippen LogP contribution in [0.1, 0.15) is 5.56 Å². The molecule has 4 amide bonds. The topological polar surface area (TPSA) is 119 Å². The summed E-state index contributed by atoms with van der Waals surface area (Å²) < 4.78 is 17.7. The van der Waals surface area contributed by atoms with Crippen LogP contribution >= 0.6 is 0 Å². The molecule has 1 unspecified atom stereocenters. The van der Waals surface area contributed by atoms with E-state index in [1.54, 1.807) is 24.3 Å². The van der Waals surface area contributed by atoms with Gasteiger partial charge in [-0.05, 0) is 48.5 Å². The third-order valence-corrected chi connectivity index (χ3v) is 4.33. The highest BCUT2D eigenvalue weighted by atomic mass is 19.1. The predicted octanol–water partition coefficient (Wildman–Crippen LogP) is 2.19. The number of nitrogens with one attached hydrogen (secondary N) is 1. The lowest BCUT2D eigenvalue weighted by molar-refractivity contribution is -0.771. The number of carboxylic acid groups (broad SMARTS) is 1. The van der Waals surface area contributed by atoms with Crippen molar-refractivity contribution in [1.29, 1.82) is 0 Å². The van der Waals surface area contributed by atoms with Crippen LogP contribution in [0.2, 0.25) is 0 Å². The van der Waals surface area contributed by atoms with E-state index in [1.807, 2.05) is 0 Å². The lowest BCUT2D eigenvalue weighted by Crippen LogP contribution is -2.57. The van der Waals surface area contributed by atoms with Crippen LogP contribution in [0.5, 0.6) is 11.5 Å². The zero-order valence-electron chi connectivity index (χ0n) is 14.1. The summed E-state index contributed by atoms with van der Waals surface area (Å²) >= 11 is 0. The van der Waals surface area contributed by atoms with E-state index in [9.17, 15) is 18.8 Å². The number of quaternary nitrogens is 1. The smallest absolute Gasteiger partial charge is 0.426 e. The van der Waals surface area contributed by atoms with Crippen molar-refractivity contribution in [2.24, 2.45) is 5.73 Å². The van der Waals surface area contributed by atoms with Gasteiger partial charge >= 0.3 is 18.0 Å². The molecule has 3 rings (SSSR count). The molecule has 1 aliphatic heterocycles. The number of aliphatic carboxylic acids is 1. The highest BCUT2D eigenvalue weighted by molar-refractivity contribution is 5.89. The number of halogens is 1. The number of nitrogens with two attached hydrogens (primary N) is 1. The molecule has 0 saturated carbocycles. The Morgan fingerprint density at radius 2 is 1.70 bits per heavy atom. The van der Waals surface area contributed by atoms with Crippen LogP contribution in [0.25, 0.3) is 0 Å². The average Bonchev–Trinajstić information content (AvgIpc) is 2.97. The Morgan fingerprint density at radius 1 is 1.15 bits per heavy atom. The van der Waals surface area contributed by atoms with Crippen molar-refractivity contribution < 1.29 is 33.1 Å². The van der Waals surface area contributed by atoms with Crippen molar-refractivity contribution in [3.8, 4) is 11.5 Å². The number of hydrogen-bond acceptors (Lipinski definition) is 4. The summed E-state index contributed by atoms with van der Waals surface area (Å²) in [5.74, 6) is -0.673. The van der Waals surface area contributed by atoms with Crippen LogP contribution in [-0.2, 0) is 11.3 Å². The lowest BCUT2D eigenvalue weighted by atomic mass is 10.1. The second-order valence-corrected chi connectivity index (χ2v) is 6.19. The Labute approximate surface area is 153 Å². The van der Waals surface area contributed by atoms with Crippen LogP contribution < -0.4 is 15.8 Å². The highest BCUT2D eigenvalue weighted by Gasteiger charge is 2.54. The quantitative estimate of drug-likeness (QED) is 0.693. The first kappa shape index (κ1) is 18.3. The molecule has 0 spiro atoms. The van der Waals surface area contributed by atoms with E-state index >= 15 is 0 Å². The van der Waals surface area contributed by atoms with Gasteiger partial charge in [-0.15, -0.1) is 0 Å². The average molecular weight is 374 g/mol. The van der Waals surface area contributed by atoms with E-state index in [-0.39, 0.29) is 18.9 Å². The van der Waals surface area contributed by atoms with E-state index in [4.69, 9.17) is 15.6 Å². The third kappa shape index (κ3) is 3.72. The molecule has 4 N–H and O–H groups in total. The molecule has 0 bridgehead atoms. The van der Waals surface area contributed by atoms with Crippen LogP contribution in [-0.4, -0.2) is 40.2 Å². The van der Waals surface area contributed by atoms with Gasteiger partial charge in [-0.3, -0.25) is 5.32 Å². The Bertz CT molecular complexity index is 885. The molecule has 27 heavy (non-hydrogen) atoms. The molecule has 2 aromatic carbocycles. The number of urea groups is 2. The monoisotopic (exact) mass is 374 g/mol. The molecule has 2 atom stereocenters. The zero-order valence-corrected chi connectivity index (χ0v) is 14.1. The molecule has 0 radical (unpaired) electrons. The Hall–Kier alpha value is -3.46. The van der Waals surface area contributed by atoms with Crippen LogP contribution in [0, 0.1) is 5.82 Å². The molecule has 1 heterocycles. The number of hydrogen-bond donors (Lipinski definition) is 3. The molecule has 8 nitrogen and oxygen atoms in total. The van der Waals surface area contributed by atoms with Crippen LogP contribution in [0.4, 0.5) is 14.0 Å². The van der Waals surface area contributed by atoms with Crippen molar-refractivity contribution in [2.45, 2.75) is 12.6 Å². The first-order chi connectivity index (χ1) is 12.8. The van der Waals surface area contributed by atoms with Crippen molar-refractivity contribution in [1.82, 2.24) is 5.32 Å². The van der Waals surface area contributed by atoms with E-state index in [1.165, 1.54) is 24.3 Å². The van der Waals surface area contributed by atoms with Gasteiger partial charge < -0.3 is 15.6 Å². The highest BCUT2D eigenvalue weighted by Crippen LogP contribution is 2.25. The van der Waals surface area contributed by atoms with E-state index in [0.29, 0.717) is 17.1 Å². The summed E-state index contributed by atoms with van der Waals surface area (Å²) in [6, 6.07) is 9.19. The Balaban J connectivity index is 1.76. The summed E-state index contributed by atoms with van der Waals surface area (Å²) in [6.45, 7) is -0.348. The summed E-state index contributed by atoms with van der Waals surface area (Å²) in [4.78, 5) is 35.3. The number of carbonyl (C=O) groups is 3. The van der Waals surface area contributed by atoms with Gasteiger partial charge in [0.25, 0.3) is 0 Å². The van der Waals surface area contributed by atoms with Gasteiger partial charge in [-0.1, -0.05) is 0 Å². The van der Waals surface area contributed by atoms with Crippen molar-refractivity contribution >= 4 is 18.0 Å². The van der Waals surface area contributed by atoms with Gasteiger partial charge in [0, 0.05) is 5.56 Å².